The van der Waals surface area contributed by atoms with E-state index in [1.165, 1.54) is 4.68 Å². The Balaban J connectivity index is 2.43. The fourth-order valence-corrected chi connectivity index (χ4v) is 1.53. The van der Waals surface area contributed by atoms with E-state index in [1.807, 2.05) is 0 Å². The second-order valence-corrected chi connectivity index (χ2v) is 3.94. The molecule has 0 atom stereocenters. The summed E-state index contributed by atoms with van der Waals surface area (Å²) in [5, 5.41) is 16.4. The summed E-state index contributed by atoms with van der Waals surface area (Å²) in [7, 11) is 1.58. The van der Waals surface area contributed by atoms with Gasteiger partial charge in [0.2, 0.25) is 5.16 Å². The van der Waals surface area contributed by atoms with E-state index < -0.39 is 5.97 Å². The molecule has 0 fully saturated rings. The maximum Gasteiger partial charge on any atom is 0.313 e. The molecule has 3 N–H and O–H groups in total. The zero-order valence-electron chi connectivity index (χ0n) is 9.33. The molecule has 8 nitrogen and oxygen atoms in total. The van der Waals surface area contributed by atoms with Crippen LogP contribution in [-0.4, -0.2) is 52.0 Å². The van der Waals surface area contributed by atoms with E-state index in [0.717, 1.165) is 11.8 Å². The molecule has 17 heavy (non-hydrogen) atoms. The van der Waals surface area contributed by atoms with Gasteiger partial charge in [0.05, 0.1) is 19.0 Å². The van der Waals surface area contributed by atoms with Crippen LogP contribution in [0.4, 0.5) is 0 Å². The van der Waals surface area contributed by atoms with Crippen LogP contribution in [0.5, 0.6) is 0 Å². The monoisotopic (exact) mass is 262 g/mol. The number of carbonyl (C=O) groups is 1. The number of rotatable bonds is 8. The van der Waals surface area contributed by atoms with Gasteiger partial charge in [-0.25, -0.2) is 4.68 Å². The maximum atomic E-state index is 10.4. The first kappa shape index (κ1) is 13.7. The van der Waals surface area contributed by atoms with Crippen LogP contribution in [0.1, 0.15) is 5.82 Å². The van der Waals surface area contributed by atoms with Gasteiger partial charge in [0.15, 0.2) is 5.82 Å². The highest BCUT2D eigenvalue weighted by molar-refractivity contribution is 7.99. The molecular weight excluding hydrogens is 248 g/mol. The Bertz CT molecular complexity index is 370. The van der Waals surface area contributed by atoms with Gasteiger partial charge < -0.3 is 20.4 Å². The standard InChI is InChI=1S/C8H14N4O4S/c1-15-2-3-16-4-6-10-11-8(12(6)9)17-5-7(13)14/h2-5,9H2,1H3,(H,13,14). The highest BCUT2D eigenvalue weighted by Gasteiger charge is 2.11. The third-order valence-corrected chi connectivity index (χ3v) is 2.65. The van der Waals surface area contributed by atoms with Gasteiger partial charge in [-0.05, 0) is 0 Å². The Morgan fingerprint density at radius 3 is 2.94 bits per heavy atom. The Hall–Kier alpha value is -1.32. The number of nitrogens with two attached hydrogens (primary N) is 1. The van der Waals surface area contributed by atoms with E-state index in [0.29, 0.717) is 24.2 Å². The number of aromatic nitrogens is 3. The second kappa shape index (κ2) is 7.09. The van der Waals surface area contributed by atoms with E-state index in [2.05, 4.69) is 10.2 Å². The second-order valence-electron chi connectivity index (χ2n) is 3.00. The lowest BCUT2D eigenvalue weighted by molar-refractivity contribution is -0.133. The van der Waals surface area contributed by atoms with Crippen LogP contribution >= 0.6 is 11.8 Å². The highest BCUT2D eigenvalue weighted by Crippen LogP contribution is 2.14. The minimum Gasteiger partial charge on any atom is -0.481 e. The molecule has 0 spiro atoms. The first-order valence-corrected chi connectivity index (χ1v) is 5.74. The molecule has 96 valence electrons. The van der Waals surface area contributed by atoms with Crippen LogP contribution in [0.25, 0.3) is 0 Å². The van der Waals surface area contributed by atoms with Gasteiger partial charge in [0, 0.05) is 7.11 Å². The van der Waals surface area contributed by atoms with E-state index in [-0.39, 0.29) is 12.4 Å². The van der Waals surface area contributed by atoms with Crippen molar-refractivity contribution in [3.05, 3.63) is 5.82 Å². The van der Waals surface area contributed by atoms with Gasteiger partial charge in [-0.3, -0.25) is 4.79 Å². The van der Waals surface area contributed by atoms with Crippen LogP contribution < -0.4 is 5.84 Å². The minimum atomic E-state index is -0.934. The molecule has 0 aliphatic rings. The summed E-state index contributed by atoms with van der Waals surface area (Å²) in [4.78, 5) is 10.4. The Morgan fingerprint density at radius 2 is 2.29 bits per heavy atom. The molecule has 0 aromatic carbocycles. The van der Waals surface area contributed by atoms with Crippen molar-refractivity contribution in [3.8, 4) is 0 Å². The van der Waals surface area contributed by atoms with Crippen molar-refractivity contribution in [2.75, 3.05) is 31.9 Å². The molecule has 1 aromatic heterocycles. The normalized spacial score (nSPS) is 10.6. The average Bonchev–Trinajstić information content (AvgIpc) is 2.63. The van der Waals surface area contributed by atoms with E-state index in [9.17, 15) is 4.79 Å². The SMILES string of the molecule is COCCOCc1nnc(SCC(=O)O)n1N. The molecule has 0 radical (unpaired) electrons. The fraction of sp³-hybridized carbons (Fsp3) is 0.625. The lowest BCUT2D eigenvalue weighted by atomic mass is 10.6. The van der Waals surface area contributed by atoms with Gasteiger partial charge >= 0.3 is 5.97 Å². The Morgan fingerprint density at radius 1 is 1.53 bits per heavy atom. The van der Waals surface area contributed by atoms with E-state index in [4.69, 9.17) is 20.4 Å². The van der Waals surface area contributed by atoms with Gasteiger partial charge in [-0.2, -0.15) is 0 Å². The summed E-state index contributed by atoms with van der Waals surface area (Å²) in [6.07, 6.45) is 0. The number of hydrogen-bond donors (Lipinski definition) is 2. The largest absolute Gasteiger partial charge is 0.481 e. The van der Waals surface area contributed by atoms with Crippen molar-refractivity contribution >= 4 is 17.7 Å². The quantitative estimate of drug-likeness (QED) is 0.360. The third kappa shape index (κ3) is 4.59. The molecule has 0 amide bonds. The number of carboxylic acids is 1. The summed E-state index contributed by atoms with van der Waals surface area (Å²) in [6, 6.07) is 0. The summed E-state index contributed by atoms with van der Waals surface area (Å²) in [5.41, 5.74) is 0. The lowest BCUT2D eigenvalue weighted by Gasteiger charge is -2.03. The van der Waals surface area contributed by atoms with E-state index in [1.54, 1.807) is 7.11 Å². The molecule has 9 heteroatoms. The van der Waals surface area contributed by atoms with Gasteiger partial charge in [0.1, 0.15) is 6.61 Å². The number of carboxylic acid groups (broad SMARTS) is 1. The molecular formula is C8H14N4O4S. The number of thioether (sulfide) groups is 1. The molecule has 0 saturated carbocycles. The van der Waals surface area contributed by atoms with Gasteiger partial charge in [-0.15, -0.1) is 10.2 Å². The third-order valence-electron chi connectivity index (χ3n) is 1.72. The van der Waals surface area contributed by atoms with Crippen LogP contribution in [-0.2, 0) is 20.9 Å². The lowest BCUT2D eigenvalue weighted by Crippen LogP contribution is -2.16. The topological polar surface area (TPSA) is 112 Å². The van der Waals surface area contributed by atoms with Crippen LogP contribution in [0.3, 0.4) is 0 Å². The Kier molecular flexibility index (Phi) is 5.73. The summed E-state index contributed by atoms with van der Waals surface area (Å²) in [6.45, 7) is 1.13. The van der Waals surface area contributed by atoms with Crippen LogP contribution in [0.2, 0.25) is 0 Å². The Labute approximate surface area is 102 Å². The van der Waals surface area contributed by atoms with Crippen molar-refractivity contribution in [2.45, 2.75) is 11.8 Å². The number of methoxy groups -OCH3 is 1. The molecule has 0 aliphatic carbocycles. The predicted octanol–water partition coefficient (Wildman–Crippen LogP) is -0.668. The molecule has 0 saturated heterocycles. The van der Waals surface area contributed by atoms with Crippen LogP contribution in [0.15, 0.2) is 5.16 Å². The number of ether oxygens (including phenoxy) is 2. The first-order chi connectivity index (χ1) is 8.15. The van der Waals surface area contributed by atoms with Crippen molar-refractivity contribution < 1.29 is 19.4 Å². The summed E-state index contributed by atoms with van der Waals surface area (Å²) in [5.74, 6) is 5.06. The highest BCUT2D eigenvalue weighted by atomic mass is 32.2. The smallest absolute Gasteiger partial charge is 0.313 e. The van der Waals surface area contributed by atoms with Gasteiger partial charge in [0.25, 0.3) is 0 Å². The summed E-state index contributed by atoms with van der Waals surface area (Å²) < 4.78 is 11.3. The number of hydrogen-bond acceptors (Lipinski definition) is 7. The predicted molar refractivity (Wildman–Crippen MR) is 60.1 cm³/mol. The number of nitrogen functional groups attached to an aromatic ring is 1. The average molecular weight is 262 g/mol. The van der Waals surface area contributed by atoms with Gasteiger partial charge in [-0.1, -0.05) is 11.8 Å². The molecule has 0 unspecified atom stereocenters. The van der Waals surface area contributed by atoms with Crippen molar-refractivity contribution in [1.29, 1.82) is 0 Å². The van der Waals surface area contributed by atoms with E-state index >= 15 is 0 Å². The summed E-state index contributed by atoms with van der Waals surface area (Å²) >= 11 is 1.00. The molecule has 1 heterocycles. The fourth-order valence-electron chi connectivity index (χ4n) is 0.936. The molecule has 1 rings (SSSR count). The first-order valence-electron chi connectivity index (χ1n) is 4.75. The molecule has 0 aliphatic heterocycles. The van der Waals surface area contributed by atoms with Crippen molar-refractivity contribution in [3.63, 3.8) is 0 Å². The van der Waals surface area contributed by atoms with Crippen molar-refractivity contribution in [1.82, 2.24) is 14.9 Å². The number of aliphatic carboxylic acids is 1. The number of nitrogens with zero attached hydrogens (tertiary/aromatic N) is 3. The minimum absolute atomic E-state index is 0.111. The maximum absolute atomic E-state index is 10.4. The zero-order chi connectivity index (χ0) is 12.7. The van der Waals surface area contributed by atoms with Crippen molar-refractivity contribution in [2.24, 2.45) is 0 Å². The molecule has 0 bridgehead atoms. The van der Waals surface area contributed by atoms with Crippen LogP contribution in [0, 0.1) is 0 Å². The molecule has 1 aromatic rings. The zero-order valence-corrected chi connectivity index (χ0v) is 10.1.